The molecular weight excluding hydrogens is 443 g/mol. The Kier molecular flexibility index (Phi) is 7.85. The summed E-state index contributed by atoms with van der Waals surface area (Å²) in [6.45, 7) is 0.350. The molecule has 6 heteroatoms. The predicted molar refractivity (Wildman–Crippen MR) is 133 cm³/mol. The van der Waals surface area contributed by atoms with Crippen molar-refractivity contribution >= 4 is 5.97 Å². The largest absolute Gasteiger partial charge is 0.489 e. The van der Waals surface area contributed by atoms with Crippen LogP contribution >= 0.6 is 0 Å². The van der Waals surface area contributed by atoms with E-state index in [1.54, 1.807) is 42.7 Å². The quantitative estimate of drug-likeness (QED) is 0.327. The van der Waals surface area contributed by atoms with Crippen molar-refractivity contribution in [1.82, 2.24) is 4.98 Å². The highest BCUT2D eigenvalue weighted by Gasteiger charge is 2.13. The number of carbonyl (C=O) groups is 1. The first kappa shape index (κ1) is 24.1. The average Bonchev–Trinajstić information content (AvgIpc) is 2.87. The van der Waals surface area contributed by atoms with E-state index in [1.165, 1.54) is 5.56 Å². The fourth-order valence-electron chi connectivity index (χ4n) is 4.06. The Morgan fingerprint density at radius 3 is 2.37 bits per heavy atom. The fourth-order valence-corrected chi connectivity index (χ4v) is 4.06. The highest BCUT2D eigenvalue weighted by atomic mass is 19.1. The van der Waals surface area contributed by atoms with Gasteiger partial charge in [0, 0.05) is 35.6 Å². The van der Waals surface area contributed by atoms with Crippen LogP contribution in [0.5, 0.6) is 5.75 Å². The van der Waals surface area contributed by atoms with Crippen LogP contribution in [0.4, 0.5) is 4.39 Å². The lowest BCUT2D eigenvalue weighted by molar-refractivity contribution is -0.136. The summed E-state index contributed by atoms with van der Waals surface area (Å²) in [7, 11) is 0. The maximum atomic E-state index is 15.1. The fraction of sp³-hybridized carbons (Fsp3) is 0.172. The molecule has 0 aliphatic rings. The molecule has 3 aromatic carbocycles. The molecule has 0 saturated heterocycles. The topological polar surface area (TPSA) is 85.4 Å². The van der Waals surface area contributed by atoms with Crippen molar-refractivity contribution in [3.8, 4) is 16.9 Å². The van der Waals surface area contributed by atoms with Crippen LogP contribution in [0, 0.1) is 5.82 Å². The Morgan fingerprint density at radius 2 is 1.60 bits per heavy atom. The number of aryl methyl sites for hydroxylation is 2. The minimum absolute atomic E-state index is 0.121. The summed E-state index contributed by atoms with van der Waals surface area (Å²) in [6, 6.07) is 22.3. The molecule has 0 atom stereocenters. The molecule has 0 amide bonds. The molecule has 0 aliphatic heterocycles. The van der Waals surface area contributed by atoms with Crippen LogP contribution in [0.1, 0.15) is 27.8 Å². The van der Waals surface area contributed by atoms with E-state index in [0.717, 1.165) is 29.5 Å². The van der Waals surface area contributed by atoms with E-state index in [-0.39, 0.29) is 25.4 Å². The monoisotopic (exact) mass is 470 g/mol. The Balaban J connectivity index is 1.64. The lowest BCUT2D eigenvalue weighted by Crippen LogP contribution is -2.05. The van der Waals surface area contributed by atoms with Gasteiger partial charge in [0.2, 0.25) is 0 Å². The lowest BCUT2D eigenvalue weighted by Gasteiger charge is -2.14. The highest BCUT2D eigenvalue weighted by Crippen LogP contribution is 2.29. The Hall–Kier alpha value is -4.03. The number of benzene rings is 3. The molecule has 0 spiro atoms. The van der Waals surface area contributed by atoms with E-state index in [0.29, 0.717) is 22.4 Å². The summed E-state index contributed by atoms with van der Waals surface area (Å²) in [5.41, 5.74) is 11.1. The van der Waals surface area contributed by atoms with Crippen LogP contribution in [0.15, 0.2) is 85.2 Å². The normalized spacial score (nSPS) is 10.8. The molecule has 1 heterocycles. The summed E-state index contributed by atoms with van der Waals surface area (Å²) < 4.78 is 21.1. The molecule has 0 radical (unpaired) electrons. The summed E-state index contributed by atoms with van der Waals surface area (Å²) in [4.78, 5) is 15.3. The summed E-state index contributed by atoms with van der Waals surface area (Å²) in [5, 5.41) is 9.19. The molecule has 1 aromatic heterocycles. The Bertz CT molecular complexity index is 1310. The van der Waals surface area contributed by atoms with Crippen LogP contribution in [0.2, 0.25) is 0 Å². The summed E-state index contributed by atoms with van der Waals surface area (Å²) in [6.07, 6.45) is 5.00. The molecule has 4 aromatic rings. The number of aromatic nitrogens is 1. The number of rotatable bonds is 10. The van der Waals surface area contributed by atoms with Crippen LogP contribution in [0.25, 0.3) is 11.1 Å². The van der Waals surface area contributed by atoms with E-state index < -0.39 is 5.97 Å². The van der Waals surface area contributed by atoms with Crippen LogP contribution < -0.4 is 10.5 Å². The van der Waals surface area contributed by atoms with Gasteiger partial charge in [-0.3, -0.25) is 9.78 Å². The third-order valence-corrected chi connectivity index (χ3v) is 5.82. The highest BCUT2D eigenvalue weighted by molar-refractivity contribution is 5.71. The molecule has 0 saturated carbocycles. The molecule has 5 nitrogen and oxygen atoms in total. The van der Waals surface area contributed by atoms with Gasteiger partial charge in [-0.15, -0.1) is 0 Å². The van der Waals surface area contributed by atoms with Gasteiger partial charge < -0.3 is 15.6 Å². The van der Waals surface area contributed by atoms with Gasteiger partial charge >= 0.3 is 5.97 Å². The number of carboxylic acids is 1. The number of hydrogen-bond acceptors (Lipinski definition) is 4. The minimum atomic E-state index is -0.920. The van der Waals surface area contributed by atoms with Crippen molar-refractivity contribution in [2.24, 2.45) is 5.73 Å². The maximum Gasteiger partial charge on any atom is 0.307 e. The smallest absolute Gasteiger partial charge is 0.307 e. The molecule has 35 heavy (non-hydrogen) atoms. The van der Waals surface area contributed by atoms with Gasteiger partial charge in [-0.1, -0.05) is 48.5 Å². The molecule has 0 fully saturated rings. The van der Waals surface area contributed by atoms with Crippen LogP contribution in [0.3, 0.4) is 0 Å². The summed E-state index contributed by atoms with van der Waals surface area (Å²) in [5.74, 6) is -0.716. The molecular formula is C29H27FN2O3. The third-order valence-electron chi connectivity index (χ3n) is 5.82. The van der Waals surface area contributed by atoms with Crippen molar-refractivity contribution < 1.29 is 19.0 Å². The summed E-state index contributed by atoms with van der Waals surface area (Å²) >= 11 is 0. The van der Waals surface area contributed by atoms with E-state index in [2.05, 4.69) is 11.1 Å². The van der Waals surface area contributed by atoms with Gasteiger partial charge in [0.1, 0.15) is 18.2 Å². The van der Waals surface area contributed by atoms with Crippen molar-refractivity contribution in [2.45, 2.75) is 32.4 Å². The Morgan fingerprint density at radius 1 is 0.886 bits per heavy atom. The molecule has 4 rings (SSSR count). The van der Waals surface area contributed by atoms with Gasteiger partial charge in [-0.2, -0.15) is 0 Å². The van der Waals surface area contributed by atoms with Crippen molar-refractivity contribution in [3.05, 3.63) is 119 Å². The molecule has 0 unspecified atom stereocenters. The number of pyridine rings is 1. The zero-order valence-electron chi connectivity index (χ0n) is 19.3. The van der Waals surface area contributed by atoms with Gasteiger partial charge in [0.15, 0.2) is 0 Å². The first-order valence-electron chi connectivity index (χ1n) is 11.5. The van der Waals surface area contributed by atoms with E-state index in [4.69, 9.17) is 10.5 Å². The lowest BCUT2D eigenvalue weighted by atomic mass is 9.95. The van der Waals surface area contributed by atoms with Gasteiger partial charge in [0.25, 0.3) is 0 Å². The molecule has 3 N–H and O–H groups in total. The predicted octanol–water partition coefficient (Wildman–Crippen LogP) is 5.34. The third kappa shape index (κ3) is 6.31. The van der Waals surface area contributed by atoms with Crippen molar-refractivity contribution in [1.29, 1.82) is 0 Å². The van der Waals surface area contributed by atoms with E-state index in [1.807, 2.05) is 36.4 Å². The first-order valence-corrected chi connectivity index (χ1v) is 11.5. The number of para-hydroxylation sites is 1. The number of hydrogen-bond donors (Lipinski definition) is 2. The van der Waals surface area contributed by atoms with Crippen LogP contribution in [-0.2, 0) is 37.2 Å². The number of ether oxygens (including phenoxy) is 1. The second-order valence-corrected chi connectivity index (χ2v) is 8.34. The number of nitrogens with two attached hydrogens (primary N) is 1. The second-order valence-electron chi connectivity index (χ2n) is 8.34. The van der Waals surface area contributed by atoms with E-state index in [9.17, 15) is 9.90 Å². The van der Waals surface area contributed by atoms with Gasteiger partial charge in [-0.05, 0) is 59.4 Å². The number of aliphatic carboxylic acids is 1. The molecule has 0 aliphatic carbocycles. The molecule has 0 bridgehead atoms. The molecule has 178 valence electrons. The zero-order valence-corrected chi connectivity index (χ0v) is 19.3. The van der Waals surface area contributed by atoms with Crippen LogP contribution in [-0.4, -0.2) is 16.1 Å². The second kappa shape index (κ2) is 11.4. The van der Waals surface area contributed by atoms with Gasteiger partial charge in [0.05, 0.1) is 6.42 Å². The standard InChI is InChI=1S/C29H27FN2O3/c30-29-24(18-31)5-3-6-26(29)25-15-21(9-8-20-10-12-32-13-11-20)14-22(16-25)19-35-27-7-2-1-4-23(27)17-28(33)34/h1-7,10-16H,8-9,17-19,31H2,(H,33,34). The van der Waals surface area contributed by atoms with Crippen molar-refractivity contribution in [3.63, 3.8) is 0 Å². The average molecular weight is 471 g/mol. The minimum Gasteiger partial charge on any atom is -0.489 e. The first-order chi connectivity index (χ1) is 17.0. The zero-order chi connectivity index (χ0) is 24.6. The van der Waals surface area contributed by atoms with E-state index >= 15 is 4.39 Å². The number of nitrogens with zero attached hydrogens (tertiary/aromatic N) is 1. The maximum absolute atomic E-state index is 15.1. The van der Waals surface area contributed by atoms with Crippen molar-refractivity contribution in [2.75, 3.05) is 0 Å². The van der Waals surface area contributed by atoms with Gasteiger partial charge in [-0.25, -0.2) is 4.39 Å². The number of carboxylic acid groups (broad SMARTS) is 1. The SMILES string of the molecule is NCc1cccc(-c2cc(CCc3ccncc3)cc(COc3ccccc3CC(=O)O)c2)c1F. The number of halogens is 1. The Labute approximate surface area is 204 Å².